The molecule has 30 heavy (non-hydrogen) atoms. The minimum atomic E-state index is -0.0786. The van der Waals surface area contributed by atoms with Gasteiger partial charge < -0.3 is 9.73 Å². The number of aryl methyl sites for hydroxylation is 1. The van der Waals surface area contributed by atoms with Gasteiger partial charge in [0.2, 0.25) is 11.7 Å². The Kier molecular flexibility index (Phi) is 6.49. The van der Waals surface area contributed by atoms with Gasteiger partial charge in [0, 0.05) is 25.7 Å². The Balaban J connectivity index is 1.49. The first kappa shape index (κ1) is 21.4. The van der Waals surface area contributed by atoms with E-state index in [1.54, 1.807) is 0 Å². The molecule has 0 bridgehead atoms. The Morgan fingerprint density at radius 1 is 1.23 bits per heavy atom. The summed E-state index contributed by atoms with van der Waals surface area (Å²) in [4.78, 5) is 12.4. The lowest BCUT2D eigenvalue weighted by Crippen LogP contribution is -2.15. The fraction of sp³-hybridized carbons (Fsp3) is 0.190. The molecule has 6 nitrogen and oxygen atoms in total. The van der Waals surface area contributed by atoms with E-state index in [0.29, 0.717) is 23.3 Å². The largest absolute Gasteiger partial charge is 0.453 e. The summed E-state index contributed by atoms with van der Waals surface area (Å²) in [5, 5.41) is 13.2. The number of nitrogens with one attached hydrogen (secondary N) is 1. The van der Waals surface area contributed by atoms with Crippen LogP contribution in [0.25, 0.3) is 22.6 Å². The number of thioether (sulfide) groups is 1. The highest BCUT2D eigenvalue weighted by atomic mass is 127. The van der Waals surface area contributed by atoms with Crippen LogP contribution in [0.2, 0.25) is 0 Å². The molecule has 0 spiro atoms. The van der Waals surface area contributed by atoms with Crippen molar-refractivity contribution < 1.29 is 9.21 Å². The van der Waals surface area contributed by atoms with Crippen LogP contribution in [0.1, 0.15) is 12.5 Å². The molecule has 2 aromatic carbocycles. The fourth-order valence-corrected chi connectivity index (χ4v) is 4.90. The molecular weight excluding hydrogens is 579 g/mol. The average Bonchev–Trinajstić information content (AvgIpc) is 3.31. The number of carbonyl (C=O) groups excluding carboxylic acids is 1. The Labute approximate surface area is 200 Å². The minimum Gasteiger partial charge on any atom is -0.453 e. The number of rotatable bonds is 6. The third kappa shape index (κ3) is 4.57. The maximum absolute atomic E-state index is 12.4. The smallest absolute Gasteiger partial charge is 0.234 e. The monoisotopic (exact) mass is 596 g/mol. The number of halogens is 2. The summed E-state index contributed by atoms with van der Waals surface area (Å²) in [6.07, 6.45) is 0. The van der Waals surface area contributed by atoms with Gasteiger partial charge in [-0.25, -0.2) is 0 Å². The number of carbonyl (C=O) groups is 1. The Morgan fingerprint density at radius 2 is 2.07 bits per heavy atom. The normalized spacial score (nSPS) is 11.2. The van der Waals surface area contributed by atoms with Crippen molar-refractivity contribution in [2.75, 3.05) is 11.1 Å². The van der Waals surface area contributed by atoms with Crippen LogP contribution in [0, 0.1) is 10.5 Å². The zero-order valence-corrected chi connectivity index (χ0v) is 20.8. The van der Waals surface area contributed by atoms with Crippen LogP contribution in [-0.4, -0.2) is 26.4 Å². The first-order chi connectivity index (χ1) is 14.4. The van der Waals surface area contributed by atoms with Crippen molar-refractivity contribution in [2.45, 2.75) is 25.5 Å². The number of hydrogen-bond acceptors (Lipinski definition) is 5. The standard InChI is InChI=1S/C21H18BrIN4O2S/c1-3-27-20(18-10-13-9-14(22)4-7-17(13)29-18)25-26-21(27)30-11-19(28)24-16-6-5-15(23)8-12(16)2/h4-10H,3,11H2,1-2H3,(H,24,28). The number of amides is 1. The van der Waals surface area contributed by atoms with Crippen LogP contribution >= 0.6 is 50.3 Å². The van der Waals surface area contributed by atoms with E-state index in [-0.39, 0.29) is 11.7 Å². The van der Waals surface area contributed by atoms with Gasteiger partial charge in [0.15, 0.2) is 10.9 Å². The highest BCUT2D eigenvalue weighted by molar-refractivity contribution is 14.1. The van der Waals surface area contributed by atoms with Crippen molar-refractivity contribution in [3.05, 3.63) is 56.1 Å². The molecule has 0 aliphatic heterocycles. The molecule has 9 heteroatoms. The second-order valence-corrected chi connectivity index (χ2v) is 9.74. The van der Waals surface area contributed by atoms with Crippen LogP contribution in [0.5, 0.6) is 0 Å². The van der Waals surface area contributed by atoms with Crippen LogP contribution in [0.15, 0.2) is 56.5 Å². The van der Waals surface area contributed by atoms with Gasteiger partial charge in [-0.1, -0.05) is 27.7 Å². The molecule has 1 amide bonds. The summed E-state index contributed by atoms with van der Waals surface area (Å²) >= 11 is 7.09. The number of furan rings is 1. The summed E-state index contributed by atoms with van der Waals surface area (Å²) in [6, 6.07) is 13.7. The van der Waals surface area contributed by atoms with Gasteiger partial charge in [-0.05, 0) is 84.5 Å². The Morgan fingerprint density at radius 3 is 2.83 bits per heavy atom. The molecule has 0 fully saturated rings. The second kappa shape index (κ2) is 9.11. The third-order valence-corrected chi connectivity index (χ3v) is 6.66. The predicted octanol–water partition coefficient (Wildman–Crippen LogP) is 6.12. The van der Waals surface area contributed by atoms with Gasteiger partial charge in [-0.3, -0.25) is 9.36 Å². The number of hydrogen-bond donors (Lipinski definition) is 1. The van der Waals surface area contributed by atoms with Gasteiger partial charge in [0.1, 0.15) is 5.58 Å². The van der Waals surface area contributed by atoms with Gasteiger partial charge in [-0.2, -0.15) is 0 Å². The molecule has 0 aliphatic rings. The Bertz CT molecular complexity index is 1240. The van der Waals surface area contributed by atoms with E-state index in [9.17, 15) is 4.79 Å². The van der Waals surface area contributed by atoms with E-state index in [1.807, 2.05) is 60.9 Å². The molecule has 0 radical (unpaired) electrons. The molecule has 4 aromatic rings. The first-order valence-corrected chi connectivity index (χ1v) is 12.1. The molecular formula is C21H18BrIN4O2S. The SMILES string of the molecule is CCn1c(SCC(=O)Nc2ccc(I)cc2C)nnc1-c1cc2cc(Br)ccc2o1. The first-order valence-electron chi connectivity index (χ1n) is 9.26. The molecule has 154 valence electrons. The topological polar surface area (TPSA) is 73.0 Å². The summed E-state index contributed by atoms with van der Waals surface area (Å²) in [6.45, 7) is 4.67. The summed E-state index contributed by atoms with van der Waals surface area (Å²) in [7, 11) is 0. The summed E-state index contributed by atoms with van der Waals surface area (Å²) < 4.78 is 10.0. The third-order valence-electron chi connectivity index (χ3n) is 4.53. The highest BCUT2D eigenvalue weighted by Crippen LogP contribution is 2.31. The lowest BCUT2D eigenvalue weighted by atomic mass is 10.2. The van der Waals surface area contributed by atoms with E-state index in [0.717, 1.165) is 30.3 Å². The van der Waals surface area contributed by atoms with Gasteiger partial charge in [0.25, 0.3) is 0 Å². The van der Waals surface area contributed by atoms with Crippen molar-refractivity contribution in [2.24, 2.45) is 0 Å². The number of aromatic nitrogens is 3. The van der Waals surface area contributed by atoms with E-state index >= 15 is 0 Å². The van der Waals surface area contributed by atoms with Gasteiger partial charge in [-0.15, -0.1) is 10.2 Å². The molecule has 0 aliphatic carbocycles. The van der Waals surface area contributed by atoms with E-state index in [4.69, 9.17) is 4.42 Å². The molecule has 0 atom stereocenters. The van der Waals surface area contributed by atoms with Crippen LogP contribution in [0.3, 0.4) is 0 Å². The number of benzene rings is 2. The van der Waals surface area contributed by atoms with Gasteiger partial charge >= 0.3 is 0 Å². The molecule has 0 saturated carbocycles. The number of anilines is 1. The second-order valence-electron chi connectivity index (χ2n) is 6.64. The molecule has 0 unspecified atom stereocenters. The zero-order valence-electron chi connectivity index (χ0n) is 16.3. The molecule has 2 heterocycles. The predicted molar refractivity (Wildman–Crippen MR) is 132 cm³/mol. The highest BCUT2D eigenvalue weighted by Gasteiger charge is 2.18. The van der Waals surface area contributed by atoms with E-state index in [2.05, 4.69) is 54.0 Å². The molecule has 4 rings (SSSR count). The lowest BCUT2D eigenvalue weighted by Gasteiger charge is -2.09. The average molecular weight is 597 g/mol. The summed E-state index contributed by atoms with van der Waals surface area (Å²) in [5.74, 6) is 1.48. The molecule has 1 N–H and O–H groups in total. The maximum Gasteiger partial charge on any atom is 0.234 e. The van der Waals surface area contributed by atoms with E-state index in [1.165, 1.54) is 11.8 Å². The lowest BCUT2D eigenvalue weighted by molar-refractivity contribution is -0.113. The molecule has 0 saturated heterocycles. The number of nitrogens with zero attached hydrogens (tertiary/aromatic N) is 3. The molecule has 2 aromatic heterocycles. The van der Waals surface area contributed by atoms with Gasteiger partial charge in [0.05, 0.1) is 5.75 Å². The fourth-order valence-electron chi connectivity index (χ4n) is 3.07. The van der Waals surface area contributed by atoms with Crippen molar-refractivity contribution in [3.63, 3.8) is 0 Å². The zero-order chi connectivity index (χ0) is 21.3. The number of fused-ring (bicyclic) bond motifs is 1. The van der Waals surface area contributed by atoms with Crippen LogP contribution < -0.4 is 5.32 Å². The van der Waals surface area contributed by atoms with Crippen LogP contribution in [-0.2, 0) is 11.3 Å². The van der Waals surface area contributed by atoms with Crippen molar-refractivity contribution >= 4 is 72.8 Å². The minimum absolute atomic E-state index is 0.0786. The quantitative estimate of drug-likeness (QED) is 0.214. The van der Waals surface area contributed by atoms with Crippen molar-refractivity contribution in [1.29, 1.82) is 0 Å². The van der Waals surface area contributed by atoms with Crippen LogP contribution in [0.4, 0.5) is 5.69 Å². The van der Waals surface area contributed by atoms with E-state index < -0.39 is 0 Å². The van der Waals surface area contributed by atoms with Crippen molar-refractivity contribution in [3.8, 4) is 11.6 Å². The van der Waals surface area contributed by atoms with Crippen molar-refractivity contribution in [1.82, 2.24) is 14.8 Å². The Hall–Kier alpha value is -1.85. The maximum atomic E-state index is 12.4. The summed E-state index contributed by atoms with van der Waals surface area (Å²) in [5.41, 5.74) is 2.66.